The molecule has 2 N–H and O–H groups in total. The number of nitrogens with zero attached hydrogens (tertiary/aromatic N) is 2. The second-order valence-electron chi connectivity index (χ2n) is 5.39. The number of carbonyl (C=O) groups excluding carboxylic acids is 1. The van der Waals surface area contributed by atoms with Crippen LogP contribution in [0.25, 0.3) is 0 Å². The SMILES string of the molecule is COc1ccccc1Nc1cnc(C(=O)NCc2ccccc2Cl)cn1. The van der Waals surface area contributed by atoms with E-state index < -0.39 is 0 Å². The van der Waals surface area contributed by atoms with Crippen molar-refractivity contribution in [2.75, 3.05) is 12.4 Å². The first-order valence-corrected chi connectivity index (χ1v) is 8.29. The fraction of sp³-hybridized carbons (Fsp3) is 0.105. The lowest BCUT2D eigenvalue weighted by atomic mass is 10.2. The van der Waals surface area contributed by atoms with Gasteiger partial charge in [-0.1, -0.05) is 41.9 Å². The zero-order valence-electron chi connectivity index (χ0n) is 14.1. The second kappa shape index (κ2) is 8.31. The molecule has 0 aliphatic heterocycles. The molecule has 0 radical (unpaired) electrons. The van der Waals surface area contributed by atoms with Crippen LogP contribution in [-0.4, -0.2) is 23.0 Å². The number of ether oxygens (including phenoxy) is 1. The molecular weight excluding hydrogens is 352 g/mol. The molecule has 0 saturated carbocycles. The van der Waals surface area contributed by atoms with E-state index >= 15 is 0 Å². The predicted molar refractivity (Wildman–Crippen MR) is 101 cm³/mol. The molecule has 6 nitrogen and oxygen atoms in total. The summed E-state index contributed by atoms with van der Waals surface area (Å²) in [5.41, 5.74) is 1.83. The molecule has 0 aliphatic carbocycles. The van der Waals surface area contributed by atoms with Crippen LogP contribution in [0.15, 0.2) is 60.9 Å². The minimum absolute atomic E-state index is 0.225. The van der Waals surface area contributed by atoms with E-state index in [0.717, 1.165) is 11.3 Å². The van der Waals surface area contributed by atoms with Crippen molar-refractivity contribution in [1.82, 2.24) is 15.3 Å². The third-order valence-corrected chi connectivity index (χ3v) is 4.02. The molecule has 0 bridgehead atoms. The van der Waals surface area contributed by atoms with Crippen LogP contribution in [0.5, 0.6) is 5.75 Å². The van der Waals surface area contributed by atoms with Crippen LogP contribution in [0.1, 0.15) is 16.1 Å². The Kier molecular flexibility index (Phi) is 5.66. The summed E-state index contributed by atoms with van der Waals surface area (Å²) in [6.45, 7) is 0.321. The Bertz CT molecular complexity index is 900. The van der Waals surface area contributed by atoms with Gasteiger partial charge in [0.2, 0.25) is 0 Å². The molecular formula is C19H17ClN4O2. The van der Waals surface area contributed by atoms with Crippen LogP contribution in [0.2, 0.25) is 5.02 Å². The topological polar surface area (TPSA) is 76.1 Å². The molecule has 1 heterocycles. The zero-order chi connectivity index (χ0) is 18.4. The normalized spacial score (nSPS) is 10.2. The molecule has 0 saturated heterocycles. The monoisotopic (exact) mass is 368 g/mol. The van der Waals surface area contributed by atoms with Gasteiger partial charge in [0.05, 0.1) is 25.2 Å². The van der Waals surface area contributed by atoms with Crippen molar-refractivity contribution in [1.29, 1.82) is 0 Å². The highest BCUT2D eigenvalue weighted by Crippen LogP contribution is 2.25. The van der Waals surface area contributed by atoms with Crippen molar-refractivity contribution >= 4 is 29.0 Å². The Morgan fingerprint density at radius 2 is 1.85 bits per heavy atom. The van der Waals surface area contributed by atoms with Crippen molar-refractivity contribution in [3.63, 3.8) is 0 Å². The number of para-hydroxylation sites is 2. The summed E-state index contributed by atoms with van der Waals surface area (Å²) in [6.07, 6.45) is 2.91. The summed E-state index contributed by atoms with van der Waals surface area (Å²) in [5.74, 6) is 0.884. The average molecular weight is 369 g/mol. The first-order chi connectivity index (χ1) is 12.7. The smallest absolute Gasteiger partial charge is 0.271 e. The van der Waals surface area contributed by atoms with Gasteiger partial charge in [0.1, 0.15) is 17.3 Å². The van der Waals surface area contributed by atoms with Gasteiger partial charge in [0, 0.05) is 11.6 Å². The maximum absolute atomic E-state index is 12.2. The number of benzene rings is 2. The van der Waals surface area contributed by atoms with Gasteiger partial charge < -0.3 is 15.4 Å². The molecule has 0 spiro atoms. The third-order valence-electron chi connectivity index (χ3n) is 3.65. The van der Waals surface area contributed by atoms with Crippen molar-refractivity contribution in [2.45, 2.75) is 6.54 Å². The van der Waals surface area contributed by atoms with Crippen molar-refractivity contribution < 1.29 is 9.53 Å². The Morgan fingerprint density at radius 1 is 1.08 bits per heavy atom. The minimum atomic E-state index is -0.318. The first-order valence-electron chi connectivity index (χ1n) is 7.91. The highest BCUT2D eigenvalue weighted by molar-refractivity contribution is 6.31. The standard InChI is InChI=1S/C19H17ClN4O2/c1-26-17-9-5-4-8-15(17)24-18-12-21-16(11-22-18)19(25)23-10-13-6-2-3-7-14(13)20/h2-9,11-12H,10H2,1H3,(H,22,24)(H,23,25). The van der Waals surface area contributed by atoms with Crippen molar-refractivity contribution in [2.24, 2.45) is 0 Å². The second-order valence-corrected chi connectivity index (χ2v) is 5.79. The number of nitrogens with one attached hydrogen (secondary N) is 2. The molecule has 132 valence electrons. The van der Waals surface area contributed by atoms with Gasteiger partial charge in [-0.05, 0) is 23.8 Å². The van der Waals surface area contributed by atoms with Crippen molar-refractivity contribution in [3.8, 4) is 5.75 Å². The summed E-state index contributed by atoms with van der Waals surface area (Å²) in [7, 11) is 1.60. The number of methoxy groups -OCH3 is 1. The molecule has 2 aromatic carbocycles. The van der Waals surface area contributed by atoms with Crippen LogP contribution < -0.4 is 15.4 Å². The Hall–Kier alpha value is -3.12. The Labute approximate surface area is 156 Å². The van der Waals surface area contributed by atoms with E-state index in [-0.39, 0.29) is 11.6 Å². The van der Waals surface area contributed by atoms with Gasteiger partial charge in [-0.25, -0.2) is 9.97 Å². The summed E-state index contributed by atoms with van der Waals surface area (Å²) in [6, 6.07) is 14.8. The maximum atomic E-state index is 12.2. The Morgan fingerprint density at radius 3 is 2.58 bits per heavy atom. The number of hydrogen-bond acceptors (Lipinski definition) is 5. The molecule has 26 heavy (non-hydrogen) atoms. The fourth-order valence-electron chi connectivity index (χ4n) is 2.30. The van der Waals surface area contributed by atoms with Gasteiger partial charge in [0.25, 0.3) is 5.91 Å². The molecule has 0 unspecified atom stereocenters. The van der Waals surface area contributed by atoms with E-state index in [2.05, 4.69) is 20.6 Å². The highest BCUT2D eigenvalue weighted by atomic mass is 35.5. The lowest BCUT2D eigenvalue weighted by Gasteiger charge is -2.10. The van der Waals surface area contributed by atoms with Gasteiger partial charge in [-0.2, -0.15) is 0 Å². The van der Waals surface area contributed by atoms with Crippen LogP contribution >= 0.6 is 11.6 Å². The molecule has 0 atom stereocenters. The minimum Gasteiger partial charge on any atom is -0.495 e. The van der Waals surface area contributed by atoms with Gasteiger partial charge in [-0.3, -0.25) is 4.79 Å². The van der Waals surface area contributed by atoms with Crippen LogP contribution in [0, 0.1) is 0 Å². The molecule has 1 aromatic heterocycles. The predicted octanol–water partition coefficient (Wildman–Crippen LogP) is 3.81. The summed E-state index contributed by atoms with van der Waals surface area (Å²) >= 11 is 6.08. The highest BCUT2D eigenvalue weighted by Gasteiger charge is 2.10. The summed E-state index contributed by atoms with van der Waals surface area (Å²) in [5, 5.41) is 6.49. The number of halogens is 1. The van der Waals surface area contributed by atoms with Crippen LogP contribution in [0.4, 0.5) is 11.5 Å². The molecule has 0 aliphatic rings. The molecule has 0 fully saturated rings. The van der Waals surface area contributed by atoms with E-state index in [1.807, 2.05) is 42.5 Å². The first kappa shape index (κ1) is 17.7. The van der Waals surface area contributed by atoms with Crippen LogP contribution in [-0.2, 0) is 6.54 Å². The molecule has 1 amide bonds. The van der Waals surface area contributed by atoms with Crippen LogP contribution in [0.3, 0.4) is 0 Å². The average Bonchev–Trinajstić information content (AvgIpc) is 2.68. The lowest BCUT2D eigenvalue weighted by Crippen LogP contribution is -2.24. The summed E-state index contributed by atoms with van der Waals surface area (Å²) in [4.78, 5) is 20.6. The van der Waals surface area contributed by atoms with E-state index in [1.54, 1.807) is 13.2 Å². The largest absolute Gasteiger partial charge is 0.495 e. The number of carbonyl (C=O) groups is 1. The lowest BCUT2D eigenvalue weighted by molar-refractivity contribution is 0.0945. The Balaban J connectivity index is 1.63. The van der Waals surface area contributed by atoms with Gasteiger partial charge in [0.15, 0.2) is 0 Å². The zero-order valence-corrected chi connectivity index (χ0v) is 14.8. The van der Waals surface area contributed by atoms with E-state index in [1.165, 1.54) is 12.4 Å². The number of aromatic nitrogens is 2. The van der Waals surface area contributed by atoms with E-state index in [0.29, 0.717) is 23.1 Å². The molecule has 3 aromatic rings. The summed E-state index contributed by atoms with van der Waals surface area (Å²) < 4.78 is 5.28. The third kappa shape index (κ3) is 4.29. The number of rotatable bonds is 6. The number of hydrogen-bond donors (Lipinski definition) is 2. The fourth-order valence-corrected chi connectivity index (χ4v) is 2.51. The molecule has 3 rings (SSSR count). The number of anilines is 2. The quantitative estimate of drug-likeness (QED) is 0.691. The van der Waals surface area contributed by atoms with E-state index in [9.17, 15) is 4.79 Å². The number of amides is 1. The van der Waals surface area contributed by atoms with Crippen molar-refractivity contribution in [3.05, 3.63) is 77.2 Å². The molecule has 7 heteroatoms. The van der Waals surface area contributed by atoms with Gasteiger partial charge >= 0.3 is 0 Å². The van der Waals surface area contributed by atoms with E-state index in [4.69, 9.17) is 16.3 Å². The maximum Gasteiger partial charge on any atom is 0.271 e. The van der Waals surface area contributed by atoms with Gasteiger partial charge in [-0.15, -0.1) is 0 Å².